The van der Waals surface area contributed by atoms with Crippen molar-refractivity contribution >= 4 is 27.7 Å². The molecule has 2 unspecified atom stereocenters. The first kappa shape index (κ1) is 13.5. The molecule has 2 rings (SSSR count). The van der Waals surface area contributed by atoms with Crippen molar-refractivity contribution in [2.24, 2.45) is 5.92 Å². The van der Waals surface area contributed by atoms with Crippen molar-refractivity contribution < 1.29 is 5.11 Å². The summed E-state index contributed by atoms with van der Waals surface area (Å²) in [5.74, 6) is 1.92. The van der Waals surface area contributed by atoms with Gasteiger partial charge >= 0.3 is 0 Å². The third-order valence-electron chi connectivity index (χ3n) is 3.28. The second kappa shape index (κ2) is 6.33. The van der Waals surface area contributed by atoms with E-state index in [0.717, 1.165) is 36.1 Å². The Morgan fingerprint density at radius 1 is 1.50 bits per heavy atom. The van der Waals surface area contributed by atoms with E-state index in [2.05, 4.69) is 36.5 Å². The average molecular weight is 315 g/mol. The van der Waals surface area contributed by atoms with Gasteiger partial charge in [-0.2, -0.15) is 4.98 Å². The van der Waals surface area contributed by atoms with Gasteiger partial charge in [-0.15, -0.1) is 0 Å². The number of nitrogens with one attached hydrogen (secondary N) is 2. The van der Waals surface area contributed by atoms with Crippen LogP contribution in [0, 0.1) is 5.92 Å². The van der Waals surface area contributed by atoms with Gasteiger partial charge in [0.05, 0.1) is 10.6 Å². The van der Waals surface area contributed by atoms with E-state index in [4.69, 9.17) is 0 Å². The van der Waals surface area contributed by atoms with Crippen molar-refractivity contribution in [1.29, 1.82) is 0 Å². The summed E-state index contributed by atoms with van der Waals surface area (Å²) in [6, 6.07) is 0. The van der Waals surface area contributed by atoms with E-state index in [9.17, 15) is 5.11 Å². The number of nitrogens with zero attached hydrogens (tertiary/aromatic N) is 2. The second-order valence-corrected chi connectivity index (χ2v) is 5.56. The van der Waals surface area contributed by atoms with Crippen molar-refractivity contribution in [2.75, 3.05) is 24.2 Å². The van der Waals surface area contributed by atoms with Crippen LogP contribution >= 0.6 is 15.9 Å². The Bertz CT molecular complexity index is 402. The van der Waals surface area contributed by atoms with E-state index in [1.54, 1.807) is 13.2 Å². The molecular weight excluding hydrogens is 296 g/mol. The minimum atomic E-state index is -0.132. The molecule has 1 aliphatic rings. The van der Waals surface area contributed by atoms with Gasteiger partial charge in [0.1, 0.15) is 5.82 Å². The first-order valence-electron chi connectivity index (χ1n) is 6.31. The molecule has 3 N–H and O–H groups in total. The minimum Gasteiger partial charge on any atom is -0.393 e. The van der Waals surface area contributed by atoms with Crippen molar-refractivity contribution in [3.63, 3.8) is 0 Å². The monoisotopic (exact) mass is 314 g/mol. The van der Waals surface area contributed by atoms with Crippen LogP contribution < -0.4 is 10.6 Å². The largest absolute Gasteiger partial charge is 0.393 e. The molecule has 0 amide bonds. The predicted molar refractivity (Wildman–Crippen MR) is 75.7 cm³/mol. The standard InChI is InChI=1S/C12H19BrN4O/c1-14-12-16-7-10(13)11(17-12)15-6-8-3-2-4-9(18)5-8/h7-9,18H,2-6H2,1H3,(H2,14,15,16,17). The van der Waals surface area contributed by atoms with Crippen LogP contribution in [0.1, 0.15) is 25.7 Å². The van der Waals surface area contributed by atoms with Gasteiger partial charge in [0.2, 0.25) is 5.95 Å². The molecule has 5 nitrogen and oxygen atoms in total. The van der Waals surface area contributed by atoms with E-state index in [1.807, 2.05) is 0 Å². The Hall–Kier alpha value is -0.880. The Kier molecular flexibility index (Phi) is 4.77. The quantitative estimate of drug-likeness (QED) is 0.795. The summed E-state index contributed by atoms with van der Waals surface area (Å²) in [4.78, 5) is 8.47. The molecular formula is C12H19BrN4O. The molecule has 0 spiro atoms. The number of halogens is 1. The topological polar surface area (TPSA) is 70.1 Å². The number of aliphatic hydroxyl groups is 1. The summed E-state index contributed by atoms with van der Waals surface area (Å²) >= 11 is 3.43. The molecule has 1 aromatic rings. The highest BCUT2D eigenvalue weighted by Gasteiger charge is 2.20. The van der Waals surface area contributed by atoms with Crippen LogP contribution in [0.15, 0.2) is 10.7 Å². The van der Waals surface area contributed by atoms with Gasteiger partial charge in [0.25, 0.3) is 0 Å². The number of aromatic nitrogens is 2. The van der Waals surface area contributed by atoms with Gasteiger partial charge in [-0.25, -0.2) is 4.98 Å². The molecule has 0 radical (unpaired) electrons. The zero-order chi connectivity index (χ0) is 13.0. The van der Waals surface area contributed by atoms with Crippen molar-refractivity contribution in [1.82, 2.24) is 9.97 Å². The van der Waals surface area contributed by atoms with Gasteiger partial charge in [0, 0.05) is 19.8 Å². The zero-order valence-electron chi connectivity index (χ0n) is 10.5. The first-order valence-corrected chi connectivity index (χ1v) is 7.10. The number of anilines is 2. The maximum Gasteiger partial charge on any atom is 0.224 e. The Morgan fingerprint density at radius 3 is 3.06 bits per heavy atom. The third-order valence-corrected chi connectivity index (χ3v) is 3.86. The van der Waals surface area contributed by atoms with Crippen LogP contribution in [-0.2, 0) is 0 Å². The van der Waals surface area contributed by atoms with Gasteiger partial charge in [0.15, 0.2) is 0 Å². The van der Waals surface area contributed by atoms with E-state index in [-0.39, 0.29) is 6.10 Å². The smallest absolute Gasteiger partial charge is 0.224 e. The second-order valence-electron chi connectivity index (χ2n) is 4.71. The summed E-state index contributed by atoms with van der Waals surface area (Å²) in [6.07, 6.45) is 5.71. The normalized spacial score (nSPS) is 23.7. The lowest BCUT2D eigenvalue weighted by atomic mass is 9.87. The fourth-order valence-electron chi connectivity index (χ4n) is 2.30. The van der Waals surface area contributed by atoms with Gasteiger partial charge in [-0.1, -0.05) is 6.42 Å². The highest BCUT2D eigenvalue weighted by atomic mass is 79.9. The van der Waals surface area contributed by atoms with Crippen molar-refractivity contribution in [3.8, 4) is 0 Å². The summed E-state index contributed by atoms with van der Waals surface area (Å²) < 4.78 is 0.859. The van der Waals surface area contributed by atoms with E-state index >= 15 is 0 Å². The molecule has 1 saturated carbocycles. The molecule has 100 valence electrons. The maximum atomic E-state index is 9.64. The van der Waals surface area contributed by atoms with Crippen LogP contribution in [0.5, 0.6) is 0 Å². The lowest BCUT2D eigenvalue weighted by Gasteiger charge is -2.26. The third kappa shape index (κ3) is 3.55. The van der Waals surface area contributed by atoms with Gasteiger partial charge < -0.3 is 15.7 Å². The summed E-state index contributed by atoms with van der Waals surface area (Å²) in [7, 11) is 1.80. The van der Waals surface area contributed by atoms with Crippen LogP contribution in [0.2, 0.25) is 0 Å². The van der Waals surface area contributed by atoms with E-state index in [1.165, 1.54) is 6.42 Å². The lowest BCUT2D eigenvalue weighted by Crippen LogP contribution is -2.25. The van der Waals surface area contributed by atoms with Crippen LogP contribution in [0.4, 0.5) is 11.8 Å². The molecule has 0 aliphatic heterocycles. The zero-order valence-corrected chi connectivity index (χ0v) is 12.1. The highest BCUT2D eigenvalue weighted by molar-refractivity contribution is 9.10. The summed E-state index contributed by atoms with van der Waals surface area (Å²) in [5.41, 5.74) is 0. The fraction of sp³-hybridized carbons (Fsp3) is 0.667. The number of hydrogen-bond acceptors (Lipinski definition) is 5. The Labute approximate surface area is 116 Å². The first-order chi connectivity index (χ1) is 8.69. The molecule has 1 heterocycles. The van der Waals surface area contributed by atoms with Crippen molar-refractivity contribution in [3.05, 3.63) is 10.7 Å². The molecule has 1 fully saturated rings. The number of rotatable bonds is 4. The molecule has 2 atom stereocenters. The SMILES string of the molecule is CNc1ncc(Br)c(NCC2CCCC(O)C2)n1. The van der Waals surface area contributed by atoms with Crippen LogP contribution in [-0.4, -0.2) is 34.8 Å². The van der Waals surface area contributed by atoms with E-state index < -0.39 is 0 Å². The Balaban J connectivity index is 1.92. The number of aliphatic hydroxyl groups excluding tert-OH is 1. The lowest BCUT2D eigenvalue weighted by molar-refractivity contribution is 0.104. The number of hydrogen-bond donors (Lipinski definition) is 3. The van der Waals surface area contributed by atoms with Crippen LogP contribution in [0.25, 0.3) is 0 Å². The molecule has 0 aromatic carbocycles. The molecule has 1 aliphatic carbocycles. The van der Waals surface area contributed by atoms with Crippen LogP contribution in [0.3, 0.4) is 0 Å². The molecule has 18 heavy (non-hydrogen) atoms. The Morgan fingerprint density at radius 2 is 2.33 bits per heavy atom. The fourth-order valence-corrected chi connectivity index (χ4v) is 2.63. The molecule has 6 heteroatoms. The van der Waals surface area contributed by atoms with Gasteiger partial charge in [-0.3, -0.25) is 0 Å². The summed E-state index contributed by atoms with van der Waals surface area (Å²) in [5, 5.41) is 15.9. The average Bonchev–Trinajstić information content (AvgIpc) is 2.38. The van der Waals surface area contributed by atoms with Gasteiger partial charge in [-0.05, 0) is 41.1 Å². The molecule has 0 saturated heterocycles. The maximum absolute atomic E-state index is 9.64. The summed E-state index contributed by atoms with van der Waals surface area (Å²) in [6.45, 7) is 0.843. The minimum absolute atomic E-state index is 0.132. The van der Waals surface area contributed by atoms with Crippen molar-refractivity contribution in [2.45, 2.75) is 31.8 Å². The van der Waals surface area contributed by atoms with E-state index in [0.29, 0.717) is 11.9 Å². The molecule has 1 aromatic heterocycles. The molecule has 0 bridgehead atoms. The predicted octanol–water partition coefficient (Wildman–Crippen LogP) is 2.24. The highest BCUT2D eigenvalue weighted by Crippen LogP contribution is 2.26.